The topological polar surface area (TPSA) is 65.5 Å². The summed E-state index contributed by atoms with van der Waals surface area (Å²) < 4.78 is 52.3. The van der Waals surface area contributed by atoms with Crippen molar-refractivity contribution in [3.05, 3.63) is 69.8 Å². The van der Waals surface area contributed by atoms with E-state index in [2.05, 4.69) is 10.3 Å². The number of nitrogens with zero attached hydrogens (tertiary/aromatic N) is 2. The number of piperidine rings is 1. The normalized spacial score (nSPS) is 16.0. The van der Waals surface area contributed by atoms with Crippen LogP contribution in [0.4, 0.5) is 28.0 Å². The fourth-order valence-corrected chi connectivity index (χ4v) is 4.81. The molecule has 1 saturated heterocycles. The summed E-state index contributed by atoms with van der Waals surface area (Å²) in [5.41, 5.74) is -0.932. The summed E-state index contributed by atoms with van der Waals surface area (Å²) in [6.45, 7) is 2.28. The second kappa shape index (κ2) is 8.75. The van der Waals surface area contributed by atoms with Crippen LogP contribution in [0.5, 0.6) is 0 Å². The number of urea groups is 1. The van der Waals surface area contributed by atoms with Gasteiger partial charge in [0.2, 0.25) is 0 Å². The summed E-state index contributed by atoms with van der Waals surface area (Å²) in [6.07, 6.45) is -3.98. The highest BCUT2D eigenvalue weighted by Crippen LogP contribution is 2.39. The molecule has 1 aliphatic rings. The molecule has 1 fully saturated rings. The van der Waals surface area contributed by atoms with Crippen LogP contribution in [0.15, 0.2) is 48.5 Å². The van der Waals surface area contributed by atoms with Gasteiger partial charge in [-0.15, -0.1) is 11.3 Å². The van der Waals surface area contributed by atoms with Crippen molar-refractivity contribution < 1.29 is 27.5 Å². The predicted molar refractivity (Wildman–Crippen MR) is 117 cm³/mol. The first-order valence-corrected chi connectivity index (χ1v) is 11.1. The first-order valence-electron chi connectivity index (χ1n) is 10.3. The Bertz CT molecular complexity index is 1150. The van der Waals surface area contributed by atoms with E-state index in [1.807, 2.05) is 6.92 Å². The summed E-state index contributed by atoms with van der Waals surface area (Å²) >= 11 is 1.30. The van der Waals surface area contributed by atoms with E-state index in [9.17, 15) is 27.5 Å². The fraction of sp³-hybridized carbons (Fsp3) is 0.304. The van der Waals surface area contributed by atoms with Crippen LogP contribution in [-0.4, -0.2) is 34.1 Å². The van der Waals surface area contributed by atoms with Crippen molar-refractivity contribution in [2.24, 2.45) is 0 Å². The third-order valence-corrected chi connectivity index (χ3v) is 6.83. The quantitative estimate of drug-likeness (QED) is 0.467. The van der Waals surface area contributed by atoms with E-state index in [0.29, 0.717) is 16.3 Å². The first kappa shape index (κ1) is 23.2. The summed E-state index contributed by atoms with van der Waals surface area (Å²) in [5.74, 6) is -0.390. The average Bonchev–Trinajstić information content (AvgIpc) is 3.16. The number of aryl methyl sites for hydroxylation is 1. The maximum Gasteiger partial charge on any atom is 0.416 e. The van der Waals surface area contributed by atoms with Gasteiger partial charge in [-0.1, -0.05) is 12.1 Å². The molecule has 1 aliphatic heterocycles. The smallest absolute Gasteiger partial charge is 0.383 e. The maximum atomic E-state index is 14.2. The van der Waals surface area contributed by atoms with Gasteiger partial charge in [-0.25, -0.2) is 14.2 Å². The Balaban J connectivity index is 1.41. The minimum absolute atomic E-state index is 0.233. The van der Waals surface area contributed by atoms with Crippen LogP contribution in [0.3, 0.4) is 0 Å². The fourth-order valence-electron chi connectivity index (χ4n) is 3.74. The van der Waals surface area contributed by atoms with E-state index >= 15 is 0 Å². The molecule has 2 amide bonds. The van der Waals surface area contributed by atoms with Gasteiger partial charge in [0, 0.05) is 42.1 Å². The number of halogens is 4. The van der Waals surface area contributed by atoms with Crippen molar-refractivity contribution in [2.45, 2.75) is 31.5 Å². The van der Waals surface area contributed by atoms with Crippen LogP contribution in [0.1, 0.15) is 28.3 Å². The van der Waals surface area contributed by atoms with Gasteiger partial charge in [0.25, 0.3) is 0 Å². The summed E-state index contributed by atoms with van der Waals surface area (Å²) in [5, 5.41) is 14.2. The predicted octanol–water partition coefficient (Wildman–Crippen LogP) is 5.79. The zero-order chi connectivity index (χ0) is 23.8. The zero-order valence-electron chi connectivity index (χ0n) is 17.6. The van der Waals surface area contributed by atoms with Gasteiger partial charge >= 0.3 is 12.2 Å². The number of hydrogen-bond donors (Lipinski definition) is 2. The molecule has 4 rings (SSSR count). The Kier molecular flexibility index (Phi) is 6.15. The lowest BCUT2D eigenvalue weighted by Gasteiger charge is -2.36. The number of rotatable bonds is 3. The molecule has 2 heterocycles. The number of nitrogens with one attached hydrogen (secondary N) is 1. The minimum atomic E-state index is -4.44. The molecule has 174 valence electrons. The number of aromatic nitrogens is 1. The van der Waals surface area contributed by atoms with Crippen LogP contribution in [0, 0.1) is 12.7 Å². The molecular weight excluding hydrogens is 458 g/mol. The number of amides is 2. The van der Waals surface area contributed by atoms with E-state index in [1.165, 1.54) is 34.4 Å². The monoisotopic (exact) mass is 479 g/mol. The number of thiazole rings is 1. The molecule has 10 heteroatoms. The molecule has 0 saturated carbocycles. The van der Waals surface area contributed by atoms with Gasteiger partial charge in [-0.05, 0) is 43.3 Å². The Morgan fingerprint density at radius 1 is 1.12 bits per heavy atom. The number of hydrogen-bond acceptors (Lipinski definition) is 4. The standard InChI is InChI=1S/C23H21F4N3O2S/c1-14-19(17-4-2-3-5-18(17)24)29-20(33-14)22(32)10-12-30(13-11-22)21(31)28-16-8-6-15(7-9-16)23(25,26)27/h2-9,32H,10-13H2,1H3,(H,28,31). The molecular formula is C23H21F4N3O2S. The third kappa shape index (κ3) is 4.86. The van der Waals surface area contributed by atoms with Crippen LogP contribution in [-0.2, 0) is 11.8 Å². The number of benzene rings is 2. The average molecular weight is 479 g/mol. The highest BCUT2D eigenvalue weighted by Gasteiger charge is 2.39. The van der Waals surface area contributed by atoms with Crippen LogP contribution in [0.2, 0.25) is 0 Å². The Morgan fingerprint density at radius 3 is 2.36 bits per heavy atom. The number of carbonyl (C=O) groups excluding carboxylic acids is 1. The molecule has 0 aliphatic carbocycles. The van der Waals surface area contributed by atoms with Gasteiger partial charge < -0.3 is 15.3 Å². The number of carbonyl (C=O) groups is 1. The van der Waals surface area contributed by atoms with E-state index < -0.39 is 23.4 Å². The third-order valence-electron chi connectivity index (χ3n) is 5.66. The van der Waals surface area contributed by atoms with Crippen LogP contribution >= 0.6 is 11.3 Å². The van der Waals surface area contributed by atoms with E-state index in [4.69, 9.17) is 0 Å². The number of alkyl halides is 3. The highest BCUT2D eigenvalue weighted by molar-refractivity contribution is 7.12. The molecule has 0 bridgehead atoms. The summed E-state index contributed by atoms with van der Waals surface area (Å²) in [4.78, 5) is 19.3. The SMILES string of the molecule is Cc1sc(C2(O)CCN(C(=O)Nc3ccc(C(F)(F)F)cc3)CC2)nc1-c1ccccc1F. The van der Waals surface area contributed by atoms with Crippen molar-refractivity contribution in [3.8, 4) is 11.3 Å². The summed E-state index contributed by atoms with van der Waals surface area (Å²) in [6, 6.07) is 10.1. The second-order valence-electron chi connectivity index (χ2n) is 7.93. The number of anilines is 1. The van der Waals surface area contributed by atoms with Gasteiger partial charge in [-0.2, -0.15) is 13.2 Å². The number of aliphatic hydroxyl groups is 1. The lowest BCUT2D eigenvalue weighted by molar-refractivity contribution is -0.137. The Hall–Kier alpha value is -2.98. The second-order valence-corrected chi connectivity index (χ2v) is 9.13. The van der Waals surface area contributed by atoms with E-state index in [-0.39, 0.29) is 37.4 Å². The first-order chi connectivity index (χ1) is 15.6. The Labute approximate surface area is 191 Å². The minimum Gasteiger partial charge on any atom is -0.383 e. The lowest BCUT2D eigenvalue weighted by atomic mass is 9.92. The summed E-state index contributed by atoms with van der Waals surface area (Å²) in [7, 11) is 0. The van der Waals surface area contributed by atoms with Crippen molar-refractivity contribution >= 4 is 23.1 Å². The van der Waals surface area contributed by atoms with Crippen molar-refractivity contribution in [3.63, 3.8) is 0 Å². The molecule has 2 N–H and O–H groups in total. The molecule has 3 aromatic rings. The molecule has 5 nitrogen and oxygen atoms in total. The van der Waals surface area contributed by atoms with Crippen molar-refractivity contribution in [1.29, 1.82) is 0 Å². The van der Waals surface area contributed by atoms with E-state index in [0.717, 1.165) is 17.0 Å². The molecule has 0 atom stereocenters. The molecule has 0 spiro atoms. The molecule has 33 heavy (non-hydrogen) atoms. The Morgan fingerprint density at radius 2 is 1.76 bits per heavy atom. The van der Waals surface area contributed by atoms with Gasteiger partial charge in [-0.3, -0.25) is 0 Å². The largest absolute Gasteiger partial charge is 0.416 e. The number of likely N-dealkylation sites (tertiary alicyclic amines) is 1. The lowest BCUT2D eigenvalue weighted by Crippen LogP contribution is -2.46. The van der Waals surface area contributed by atoms with Crippen molar-refractivity contribution in [2.75, 3.05) is 18.4 Å². The van der Waals surface area contributed by atoms with Crippen LogP contribution in [0.25, 0.3) is 11.3 Å². The van der Waals surface area contributed by atoms with Gasteiger partial charge in [0.1, 0.15) is 16.4 Å². The highest BCUT2D eigenvalue weighted by atomic mass is 32.1. The molecule has 0 radical (unpaired) electrons. The molecule has 0 unspecified atom stereocenters. The van der Waals surface area contributed by atoms with Gasteiger partial charge in [0.15, 0.2) is 0 Å². The maximum absolute atomic E-state index is 14.2. The molecule has 2 aromatic carbocycles. The van der Waals surface area contributed by atoms with Crippen molar-refractivity contribution in [1.82, 2.24) is 9.88 Å². The van der Waals surface area contributed by atoms with Crippen LogP contribution < -0.4 is 5.32 Å². The van der Waals surface area contributed by atoms with E-state index in [1.54, 1.807) is 18.2 Å². The molecule has 1 aromatic heterocycles. The van der Waals surface area contributed by atoms with Gasteiger partial charge in [0.05, 0.1) is 11.3 Å². The zero-order valence-corrected chi connectivity index (χ0v) is 18.4.